The predicted molar refractivity (Wildman–Crippen MR) is 145 cm³/mol. The van der Waals surface area contributed by atoms with E-state index in [1.165, 1.54) is 21.5 Å². The van der Waals surface area contributed by atoms with Crippen LogP contribution >= 0.6 is 0 Å². The molecular weight excluding hydrogens is 444 g/mol. The molecule has 4 aromatic carbocycles. The Labute approximate surface area is 205 Å². The second kappa shape index (κ2) is 7.27. The molecule has 4 heteroatoms. The van der Waals surface area contributed by atoms with Crippen LogP contribution in [0.3, 0.4) is 0 Å². The van der Waals surface area contributed by atoms with E-state index in [1.807, 2.05) is 36.4 Å². The van der Waals surface area contributed by atoms with Crippen molar-refractivity contribution in [1.29, 1.82) is 0 Å². The van der Waals surface area contributed by atoms with Crippen molar-refractivity contribution >= 4 is 54.3 Å². The Bertz CT molecular complexity index is 1940. The molecule has 0 saturated carbocycles. The molecule has 0 saturated heterocycles. The number of furan rings is 2. The van der Waals surface area contributed by atoms with Crippen molar-refractivity contribution in [1.82, 2.24) is 9.97 Å². The number of nitrogens with zero attached hydrogens (tertiary/aromatic N) is 2. The van der Waals surface area contributed by atoms with E-state index < -0.39 is 0 Å². The van der Waals surface area contributed by atoms with Crippen LogP contribution in [0.15, 0.2) is 118 Å². The van der Waals surface area contributed by atoms with Gasteiger partial charge in [0.05, 0.1) is 0 Å². The molecule has 0 atom stereocenters. The fourth-order valence-electron chi connectivity index (χ4n) is 5.21. The standard InChI is InChI=1S/C32H18N2O2/c1-3-11-33-27(5-1)31-17-21-13-25-19(15-29(21)35-31)7-9-24-23(25)10-8-20-16-30-22(14-26(20)24)18-32(36-30)28-6-2-4-12-34-28/h1-18H. The van der Waals surface area contributed by atoms with Crippen molar-refractivity contribution in [3.8, 4) is 22.9 Å². The van der Waals surface area contributed by atoms with Gasteiger partial charge in [-0.15, -0.1) is 0 Å². The van der Waals surface area contributed by atoms with Crippen molar-refractivity contribution in [2.45, 2.75) is 0 Å². The van der Waals surface area contributed by atoms with E-state index in [9.17, 15) is 0 Å². The minimum absolute atomic E-state index is 0.779. The molecule has 8 rings (SSSR count). The van der Waals surface area contributed by atoms with Gasteiger partial charge in [0, 0.05) is 23.2 Å². The first-order chi connectivity index (χ1) is 17.8. The van der Waals surface area contributed by atoms with Crippen LogP contribution in [0.5, 0.6) is 0 Å². The molecule has 4 aromatic heterocycles. The average Bonchev–Trinajstić information content (AvgIpc) is 3.55. The minimum atomic E-state index is 0.779. The normalized spacial score (nSPS) is 11.9. The van der Waals surface area contributed by atoms with E-state index in [0.717, 1.165) is 55.6 Å². The number of hydrogen-bond acceptors (Lipinski definition) is 4. The molecule has 0 N–H and O–H groups in total. The Morgan fingerprint density at radius 2 is 0.917 bits per heavy atom. The van der Waals surface area contributed by atoms with E-state index in [0.29, 0.717) is 0 Å². The second-order valence-electron chi connectivity index (χ2n) is 9.10. The Balaban J connectivity index is 1.34. The maximum atomic E-state index is 6.15. The number of rotatable bonds is 2. The highest BCUT2D eigenvalue weighted by molar-refractivity contribution is 6.20. The highest BCUT2D eigenvalue weighted by Crippen LogP contribution is 2.38. The number of aromatic nitrogens is 2. The Kier molecular flexibility index (Phi) is 3.91. The monoisotopic (exact) mass is 462 g/mol. The van der Waals surface area contributed by atoms with Gasteiger partial charge in [-0.1, -0.05) is 36.4 Å². The Morgan fingerprint density at radius 1 is 0.417 bits per heavy atom. The van der Waals surface area contributed by atoms with Gasteiger partial charge < -0.3 is 8.83 Å². The first-order valence-corrected chi connectivity index (χ1v) is 11.9. The summed E-state index contributed by atoms with van der Waals surface area (Å²) in [6.45, 7) is 0. The Morgan fingerprint density at radius 3 is 1.36 bits per heavy atom. The van der Waals surface area contributed by atoms with Gasteiger partial charge in [0.15, 0.2) is 11.5 Å². The third-order valence-electron chi connectivity index (χ3n) is 6.94. The molecule has 8 aromatic rings. The van der Waals surface area contributed by atoms with Crippen LogP contribution in [0, 0.1) is 0 Å². The number of benzene rings is 4. The Hall–Kier alpha value is -4.96. The molecule has 0 bridgehead atoms. The number of hydrogen-bond donors (Lipinski definition) is 0. The highest BCUT2D eigenvalue weighted by Gasteiger charge is 2.13. The second-order valence-corrected chi connectivity index (χ2v) is 9.10. The molecule has 0 spiro atoms. The quantitative estimate of drug-likeness (QED) is 0.241. The first kappa shape index (κ1) is 19.4. The fraction of sp³-hybridized carbons (Fsp3) is 0. The third kappa shape index (κ3) is 2.88. The van der Waals surface area contributed by atoms with Crippen molar-refractivity contribution in [2.75, 3.05) is 0 Å². The lowest BCUT2D eigenvalue weighted by molar-refractivity contribution is 0.629. The van der Waals surface area contributed by atoms with Gasteiger partial charge in [-0.3, -0.25) is 9.97 Å². The van der Waals surface area contributed by atoms with Gasteiger partial charge in [0.2, 0.25) is 0 Å². The largest absolute Gasteiger partial charge is 0.454 e. The summed E-state index contributed by atoms with van der Waals surface area (Å²) >= 11 is 0. The number of pyridine rings is 2. The molecule has 0 fully saturated rings. The van der Waals surface area contributed by atoms with Crippen LogP contribution < -0.4 is 0 Å². The van der Waals surface area contributed by atoms with Gasteiger partial charge in [-0.25, -0.2) is 0 Å². The van der Waals surface area contributed by atoms with Gasteiger partial charge in [0.25, 0.3) is 0 Å². The van der Waals surface area contributed by atoms with Crippen molar-refractivity contribution in [3.05, 3.63) is 109 Å². The lowest BCUT2D eigenvalue weighted by Gasteiger charge is -2.08. The average molecular weight is 463 g/mol. The molecule has 168 valence electrons. The van der Waals surface area contributed by atoms with Crippen LogP contribution in [-0.4, -0.2) is 9.97 Å². The van der Waals surface area contributed by atoms with Gasteiger partial charge in [-0.05, 0) is 93.0 Å². The molecule has 0 unspecified atom stereocenters. The van der Waals surface area contributed by atoms with E-state index in [2.05, 4.69) is 70.6 Å². The summed E-state index contributed by atoms with van der Waals surface area (Å²) in [6, 6.07) is 33.3. The molecule has 0 aliphatic heterocycles. The lowest BCUT2D eigenvalue weighted by atomic mass is 9.96. The van der Waals surface area contributed by atoms with Crippen LogP contribution in [0.1, 0.15) is 0 Å². The first-order valence-electron chi connectivity index (χ1n) is 11.9. The summed E-state index contributed by atoms with van der Waals surface area (Å²) in [7, 11) is 0. The van der Waals surface area contributed by atoms with Gasteiger partial charge >= 0.3 is 0 Å². The lowest BCUT2D eigenvalue weighted by Crippen LogP contribution is -1.81. The molecule has 0 radical (unpaired) electrons. The smallest absolute Gasteiger partial charge is 0.153 e. The molecule has 0 amide bonds. The van der Waals surface area contributed by atoms with Crippen LogP contribution in [0.25, 0.3) is 77.2 Å². The molecule has 0 aliphatic carbocycles. The molecule has 4 heterocycles. The zero-order valence-corrected chi connectivity index (χ0v) is 19.1. The maximum absolute atomic E-state index is 6.15. The minimum Gasteiger partial charge on any atom is -0.454 e. The molecule has 4 nitrogen and oxygen atoms in total. The van der Waals surface area contributed by atoms with E-state index in [1.54, 1.807) is 12.4 Å². The highest BCUT2D eigenvalue weighted by atomic mass is 16.3. The van der Waals surface area contributed by atoms with Gasteiger partial charge in [0.1, 0.15) is 22.6 Å². The fourth-order valence-corrected chi connectivity index (χ4v) is 5.21. The maximum Gasteiger partial charge on any atom is 0.153 e. The summed E-state index contributed by atoms with van der Waals surface area (Å²) in [5.74, 6) is 1.56. The summed E-state index contributed by atoms with van der Waals surface area (Å²) in [4.78, 5) is 8.88. The zero-order chi connectivity index (χ0) is 23.6. The SMILES string of the molecule is c1ccc(-c2cc3cc4c(ccc5c6cc7cc(-c8ccccn8)oc7cc6ccc45)cc3o2)nc1. The summed E-state index contributed by atoms with van der Waals surface area (Å²) in [6.07, 6.45) is 3.57. The van der Waals surface area contributed by atoms with E-state index >= 15 is 0 Å². The molecule has 36 heavy (non-hydrogen) atoms. The van der Waals surface area contributed by atoms with E-state index in [-0.39, 0.29) is 0 Å². The molecule has 0 aliphatic rings. The third-order valence-corrected chi connectivity index (χ3v) is 6.94. The number of fused-ring (bicyclic) bond motifs is 7. The summed E-state index contributed by atoms with van der Waals surface area (Å²) in [5.41, 5.74) is 3.40. The van der Waals surface area contributed by atoms with Crippen LogP contribution in [0.4, 0.5) is 0 Å². The van der Waals surface area contributed by atoms with Crippen molar-refractivity contribution in [2.24, 2.45) is 0 Å². The summed E-state index contributed by atoms with van der Waals surface area (Å²) in [5, 5.41) is 9.29. The van der Waals surface area contributed by atoms with Gasteiger partial charge in [-0.2, -0.15) is 0 Å². The predicted octanol–water partition coefficient (Wildman–Crippen LogP) is 8.76. The summed E-state index contributed by atoms with van der Waals surface area (Å²) < 4.78 is 12.3. The topological polar surface area (TPSA) is 52.1 Å². The zero-order valence-electron chi connectivity index (χ0n) is 19.1. The van der Waals surface area contributed by atoms with E-state index in [4.69, 9.17) is 8.83 Å². The van der Waals surface area contributed by atoms with Crippen LogP contribution in [-0.2, 0) is 0 Å². The van der Waals surface area contributed by atoms with Crippen molar-refractivity contribution < 1.29 is 8.83 Å². The molecular formula is C32H18N2O2. The van der Waals surface area contributed by atoms with Crippen LogP contribution in [0.2, 0.25) is 0 Å². The van der Waals surface area contributed by atoms with Crippen molar-refractivity contribution in [3.63, 3.8) is 0 Å².